The van der Waals surface area contributed by atoms with Gasteiger partial charge in [0.15, 0.2) is 0 Å². The lowest BCUT2D eigenvalue weighted by molar-refractivity contribution is -0.117. The van der Waals surface area contributed by atoms with Crippen molar-refractivity contribution in [2.24, 2.45) is 0 Å². The lowest BCUT2D eigenvalue weighted by Crippen LogP contribution is -2.36. The van der Waals surface area contributed by atoms with Gasteiger partial charge in [0.2, 0.25) is 5.91 Å². The van der Waals surface area contributed by atoms with Crippen LogP contribution in [0.3, 0.4) is 0 Å². The van der Waals surface area contributed by atoms with Crippen molar-refractivity contribution in [1.82, 2.24) is 0 Å². The van der Waals surface area contributed by atoms with Gasteiger partial charge in [-0.1, -0.05) is 31.5 Å². The summed E-state index contributed by atoms with van der Waals surface area (Å²) in [6.07, 6.45) is 1.63. The molecule has 0 N–H and O–H groups in total. The quantitative estimate of drug-likeness (QED) is 0.713. The molecule has 2 aromatic carbocycles. The molecule has 0 saturated carbocycles. The largest absolute Gasteiger partial charge is 0.494 e. The molecule has 0 aromatic heterocycles. The van der Waals surface area contributed by atoms with E-state index < -0.39 is 15.9 Å². The molecule has 25 heavy (non-hydrogen) atoms. The molecular formula is C19H23NO4S. The van der Waals surface area contributed by atoms with Crippen molar-refractivity contribution >= 4 is 21.6 Å². The summed E-state index contributed by atoms with van der Waals surface area (Å²) in [5, 5.41) is 0. The van der Waals surface area contributed by atoms with Gasteiger partial charge in [-0.2, -0.15) is 0 Å². The number of hydrogen-bond donors (Lipinski definition) is 0. The molecule has 0 bridgehead atoms. The zero-order chi connectivity index (χ0) is 18.3. The number of rotatable bonds is 8. The van der Waals surface area contributed by atoms with Gasteiger partial charge in [0.1, 0.15) is 5.75 Å². The van der Waals surface area contributed by atoms with E-state index in [1.807, 2.05) is 13.8 Å². The topological polar surface area (TPSA) is 63.7 Å². The highest BCUT2D eigenvalue weighted by molar-refractivity contribution is 7.93. The molecule has 2 aromatic rings. The fourth-order valence-corrected chi connectivity index (χ4v) is 3.86. The van der Waals surface area contributed by atoms with E-state index in [2.05, 4.69) is 0 Å². The highest BCUT2D eigenvalue weighted by Crippen LogP contribution is 2.27. The fourth-order valence-electron chi connectivity index (χ4n) is 2.39. The second kappa shape index (κ2) is 8.67. The third-order valence-corrected chi connectivity index (χ3v) is 5.40. The Balaban J connectivity index is 2.44. The monoisotopic (exact) mass is 361 g/mol. The van der Waals surface area contributed by atoms with Crippen LogP contribution < -0.4 is 9.04 Å². The number of benzene rings is 2. The van der Waals surface area contributed by atoms with Crippen LogP contribution in [0.1, 0.15) is 33.1 Å². The van der Waals surface area contributed by atoms with Gasteiger partial charge >= 0.3 is 0 Å². The van der Waals surface area contributed by atoms with Crippen molar-refractivity contribution < 1.29 is 17.9 Å². The van der Waals surface area contributed by atoms with E-state index in [9.17, 15) is 13.2 Å². The normalized spacial score (nSPS) is 11.1. The van der Waals surface area contributed by atoms with Gasteiger partial charge in [-0.25, -0.2) is 12.7 Å². The summed E-state index contributed by atoms with van der Waals surface area (Å²) in [6, 6.07) is 14.5. The Kier molecular flexibility index (Phi) is 6.58. The number of carbonyl (C=O) groups excluding carboxylic acids is 1. The highest BCUT2D eigenvalue weighted by atomic mass is 32.2. The van der Waals surface area contributed by atoms with Crippen molar-refractivity contribution in [3.8, 4) is 5.75 Å². The van der Waals surface area contributed by atoms with E-state index in [1.165, 1.54) is 12.1 Å². The maximum absolute atomic E-state index is 13.0. The first kappa shape index (κ1) is 19.0. The molecule has 0 heterocycles. The fraction of sp³-hybridized carbons (Fsp3) is 0.316. The molecule has 0 aliphatic heterocycles. The summed E-state index contributed by atoms with van der Waals surface area (Å²) >= 11 is 0. The van der Waals surface area contributed by atoms with Crippen LogP contribution in [0.25, 0.3) is 0 Å². The van der Waals surface area contributed by atoms with Crippen LogP contribution in [0.15, 0.2) is 59.5 Å². The molecule has 5 nitrogen and oxygen atoms in total. The van der Waals surface area contributed by atoms with Crippen LogP contribution in [0.4, 0.5) is 5.69 Å². The third-order valence-electron chi connectivity index (χ3n) is 3.63. The Morgan fingerprint density at radius 3 is 2.20 bits per heavy atom. The van der Waals surface area contributed by atoms with Crippen LogP contribution >= 0.6 is 0 Å². The lowest BCUT2D eigenvalue weighted by Gasteiger charge is -2.23. The van der Waals surface area contributed by atoms with Crippen LogP contribution in [-0.4, -0.2) is 20.9 Å². The number of nitrogens with zero attached hydrogens (tertiary/aromatic N) is 1. The zero-order valence-electron chi connectivity index (χ0n) is 14.5. The van der Waals surface area contributed by atoms with E-state index in [0.29, 0.717) is 24.5 Å². The Labute approximate surface area is 149 Å². The molecule has 1 amide bonds. The van der Waals surface area contributed by atoms with E-state index in [1.54, 1.807) is 42.5 Å². The van der Waals surface area contributed by atoms with Gasteiger partial charge in [-0.05, 0) is 49.7 Å². The number of amides is 1. The minimum atomic E-state index is -3.97. The number of unbranched alkanes of at least 4 members (excludes halogenated alkanes) is 1. The highest BCUT2D eigenvalue weighted by Gasteiger charge is 2.30. The third kappa shape index (κ3) is 4.60. The number of anilines is 1. The Bertz CT molecular complexity index is 786. The minimum Gasteiger partial charge on any atom is -0.494 e. The van der Waals surface area contributed by atoms with Gasteiger partial charge in [-0.3, -0.25) is 4.79 Å². The predicted molar refractivity (Wildman–Crippen MR) is 98.2 cm³/mol. The number of ether oxygens (including phenoxy) is 1. The first-order chi connectivity index (χ1) is 12.0. The SMILES string of the molecule is CCCCC(=O)N(c1ccc(OCC)cc1)S(=O)(=O)c1ccccc1. The van der Waals surface area contributed by atoms with Crippen molar-refractivity contribution in [3.63, 3.8) is 0 Å². The van der Waals surface area contributed by atoms with Crippen molar-refractivity contribution in [2.45, 2.75) is 38.0 Å². The summed E-state index contributed by atoms with van der Waals surface area (Å²) < 4.78 is 32.3. The molecule has 0 aliphatic carbocycles. The van der Waals surface area contributed by atoms with E-state index in [4.69, 9.17) is 4.74 Å². The summed E-state index contributed by atoms with van der Waals surface area (Å²) in [5.74, 6) is 0.194. The predicted octanol–water partition coefficient (Wildman–Crippen LogP) is 4.00. The van der Waals surface area contributed by atoms with Gasteiger partial charge < -0.3 is 4.74 Å². The first-order valence-corrected chi connectivity index (χ1v) is 9.80. The minimum absolute atomic E-state index is 0.0914. The Morgan fingerprint density at radius 1 is 1.00 bits per heavy atom. The summed E-state index contributed by atoms with van der Waals surface area (Å²) in [5.41, 5.74) is 0.313. The van der Waals surface area contributed by atoms with E-state index in [-0.39, 0.29) is 11.3 Å². The molecule has 0 aliphatic rings. The molecule has 0 atom stereocenters. The molecule has 0 saturated heterocycles. The molecule has 134 valence electrons. The summed E-state index contributed by atoms with van der Waals surface area (Å²) in [7, 11) is -3.97. The molecule has 0 radical (unpaired) electrons. The van der Waals surface area contributed by atoms with Gasteiger partial charge in [0, 0.05) is 6.42 Å². The Hall–Kier alpha value is -2.34. The van der Waals surface area contributed by atoms with Crippen LogP contribution in [0, 0.1) is 0 Å². The molecule has 6 heteroatoms. The molecule has 0 unspecified atom stereocenters. The number of sulfonamides is 1. The van der Waals surface area contributed by atoms with E-state index in [0.717, 1.165) is 10.7 Å². The summed E-state index contributed by atoms with van der Waals surface area (Å²) in [6.45, 7) is 4.34. The second-order valence-corrected chi connectivity index (χ2v) is 7.29. The number of carbonyl (C=O) groups is 1. The number of hydrogen-bond acceptors (Lipinski definition) is 4. The van der Waals surface area contributed by atoms with Gasteiger partial charge in [0.25, 0.3) is 10.0 Å². The lowest BCUT2D eigenvalue weighted by atomic mass is 10.2. The molecular weight excluding hydrogens is 338 g/mol. The van der Waals surface area contributed by atoms with Gasteiger partial charge in [0.05, 0.1) is 17.2 Å². The van der Waals surface area contributed by atoms with Crippen molar-refractivity contribution in [1.29, 1.82) is 0 Å². The molecule has 0 spiro atoms. The average molecular weight is 361 g/mol. The van der Waals surface area contributed by atoms with Crippen molar-refractivity contribution in [2.75, 3.05) is 10.9 Å². The zero-order valence-corrected chi connectivity index (χ0v) is 15.3. The van der Waals surface area contributed by atoms with Crippen molar-refractivity contribution in [3.05, 3.63) is 54.6 Å². The molecule has 0 fully saturated rings. The van der Waals surface area contributed by atoms with Gasteiger partial charge in [-0.15, -0.1) is 0 Å². The standard InChI is InChI=1S/C19H23NO4S/c1-3-5-11-19(21)20(16-12-14-17(15-13-16)24-4-2)25(22,23)18-9-7-6-8-10-18/h6-10,12-15H,3-5,11H2,1-2H3. The Morgan fingerprint density at radius 2 is 1.64 bits per heavy atom. The van der Waals surface area contributed by atoms with Crippen LogP contribution in [0.5, 0.6) is 5.75 Å². The average Bonchev–Trinajstić information content (AvgIpc) is 2.62. The van der Waals surface area contributed by atoms with Crippen LogP contribution in [0.2, 0.25) is 0 Å². The van der Waals surface area contributed by atoms with E-state index >= 15 is 0 Å². The van der Waals surface area contributed by atoms with Crippen LogP contribution in [-0.2, 0) is 14.8 Å². The smallest absolute Gasteiger partial charge is 0.270 e. The maximum atomic E-state index is 13.0. The maximum Gasteiger partial charge on any atom is 0.270 e. The molecule has 2 rings (SSSR count). The second-order valence-electron chi connectivity index (χ2n) is 5.51. The summed E-state index contributed by atoms with van der Waals surface area (Å²) in [4.78, 5) is 12.7. The first-order valence-electron chi connectivity index (χ1n) is 8.36.